The molecule has 9 nitrogen and oxygen atoms in total. The van der Waals surface area contributed by atoms with E-state index in [0.29, 0.717) is 55.0 Å². The summed E-state index contributed by atoms with van der Waals surface area (Å²) in [5.41, 5.74) is 2.14. The molecule has 0 aliphatic heterocycles. The fourth-order valence-electron chi connectivity index (χ4n) is 4.28. The average Bonchev–Trinajstić information content (AvgIpc) is 3.32. The van der Waals surface area contributed by atoms with Gasteiger partial charge in [0.15, 0.2) is 0 Å². The third-order valence-corrected chi connectivity index (χ3v) is 7.55. The number of aromatic hydroxyl groups is 1. The summed E-state index contributed by atoms with van der Waals surface area (Å²) in [5.74, 6) is 0.0326. The molecule has 0 saturated carbocycles. The summed E-state index contributed by atoms with van der Waals surface area (Å²) in [7, 11) is 0. The molecule has 0 radical (unpaired) electrons. The largest absolute Gasteiger partial charge is 0.506 e. The van der Waals surface area contributed by atoms with Crippen LogP contribution >= 0.6 is 11.3 Å². The molecule has 0 saturated heterocycles. The van der Waals surface area contributed by atoms with Gasteiger partial charge >= 0.3 is 4.87 Å². The van der Waals surface area contributed by atoms with Gasteiger partial charge in [-0.15, -0.1) is 0 Å². The van der Waals surface area contributed by atoms with Crippen molar-refractivity contribution in [2.24, 2.45) is 0 Å². The number of aliphatic hydroxyl groups excluding tert-OH is 1. The van der Waals surface area contributed by atoms with Crippen molar-refractivity contribution in [3.63, 3.8) is 0 Å². The van der Waals surface area contributed by atoms with Gasteiger partial charge in [-0.2, -0.15) is 0 Å². The SMILES string of the molecule is CCN(CC)CCN(CCNCC(O)c1ccc(O)c2[nH]c(=O)sc12)C(=O)CCOCCc1ccccc1. The van der Waals surface area contributed by atoms with Crippen LogP contribution < -0.4 is 10.2 Å². The van der Waals surface area contributed by atoms with Crippen molar-refractivity contribution in [1.29, 1.82) is 0 Å². The lowest BCUT2D eigenvalue weighted by Gasteiger charge is -2.27. The molecule has 208 valence electrons. The molecule has 0 spiro atoms. The van der Waals surface area contributed by atoms with E-state index in [1.807, 2.05) is 23.1 Å². The maximum atomic E-state index is 13.0. The van der Waals surface area contributed by atoms with Crippen molar-refractivity contribution in [2.75, 3.05) is 59.0 Å². The molecule has 1 atom stereocenters. The smallest absolute Gasteiger partial charge is 0.305 e. The highest BCUT2D eigenvalue weighted by molar-refractivity contribution is 7.16. The van der Waals surface area contributed by atoms with Gasteiger partial charge in [-0.1, -0.05) is 61.6 Å². The molecule has 1 amide bonds. The normalized spacial score (nSPS) is 12.3. The van der Waals surface area contributed by atoms with E-state index in [2.05, 4.69) is 41.2 Å². The highest BCUT2D eigenvalue weighted by atomic mass is 32.1. The zero-order valence-corrected chi connectivity index (χ0v) is 23.1. The van der Waals surface area contributed by atoms with Crippen LogP contribution in [0, 0.1) is 0 Å². The Labute approximate surface area is 228 Å². The minimum absolute atomic E-state index is 0.0198. The molecule has 0 aliphatic rings. The van der Waals surface area contributed by atoms with E-state index in [4.69, 9.17) is 4.74 Å². The van der Waals surface area contributed by atoms with E-state index in [0.717, 1.165) is 37.4 Å². The van der Waals surface area contributed by atoms with Gasteiger partial charge in [0.2, 0.25) is 5.91 Å². The second-order valence-electron chi connectivity index (χ2n) is 9.12. The van der Waals surface area contributed by atoms with Crippen molar-refractivity contribution in [1.82, 2.24) is 20.1 Å². The number of H-pyrrole nitrogens is 1. The number of fused-ring (bicyclic) bond motifs is 1. The number of amides is 1. The second-order valence-corrected chi connectivity index (χ2v) is 10.1. The first-order valence-corrected chi connectivity index (χ1v) is 14.1. The summed E-state index contributed by atoms with van der Waals surface area (Å²) in [6, 6.07) is 13.2. The van der Waals surface area contributed by atoms with Crippen LogP contribution in [0.1, 0.15) is 37.5 Å². The predicted octanol–water partition coefficient (Wildman–Crippen LogP) is 2.74. The van der Waals surface area contributed by atoms with E-state index in [1.165, 1.54) is 11.6 Å². The summed E-state index contributed by atoms with van der Waals surface area (Å²) in [4.78, 5) is 31.2. The molecular formula is C28H40N4O5S. The fourth-order valence-corrected chi connectivity index (χ4v) is 5.20. The number of carbonyl (C=O) groups excluding carboxylic acids is 1. The van der Waals surface area contributed by atoms with Gasteiger partial charge < -0.3 is 35.1 Å². The van der Waals surface area contributed by atoms with Crippen LogP contribution in [0.3, 0.4) is 0 Å². The lowest BCUT2D eigenvalue weighted by molar-refractivity contribution is -0.132. The minimum atomic E-state index is -0.859. The second kappa shape index (κ2) is 15.6. The fraction of sp³-hybridized carbons (Fsp3) is 0.500. The highest BCUT2D eigenvalue weighted by Gasteiger charge is 2.17. The van der Waals surface area contributed by atoms with E-state index in [9.17, 15) is 19.8 Å². The number of likely N-dealkylation sites (N-methyl/N-ethyl adjacent to an activating group) is 1. The summed E-state index contributed by atoms with van der Waals surface area (Å²) in [6.07, 6.45) is 0.287. The Morgan fingerprint density at radius 3 is 2.58 bits per heavy atom. The third kappa shape index (κ3) is 8.92. The van der Waals surface area contributed by atoms with E-state index >= 15 is 0 Å². The molecule has 3 rings (SSSR count). The standard InChI is InChI=1S/C28H40N4O5S/c1-3-31(4-2)16-17-32(25(35)13-19-37-18-12-21-8-6-5-7-9-21)15-14-29-20-24(34)22-10-11-23(33)26-27(22)38-28(36)30-26/h5-11,24,29,33-34H,3-4,12-20H2,1-2H3,(H,30,36). The number of phenols is 1. The quantitative estimate of drug-likeness (QED) is 0.193. The van der Waals surface area contributed by atoms with Gasteiger partial charge in [0.1, 0.15) is 11.3 Å². The molecular weight excluding hydrogens is 504 g/mol. The van der Waals surface area contributed by atoms with Gasteiger partial charge in [-0.3, -0.25) is 9.59 Å². The molecule has 10 heteroatoms. The molecule has 38 heavy (non-hydrogen) atoms. The highest BCUT2D eigenvalue weighted by Crippen LogP contribution is 2.31. The number of hydrogen-bond acceptors (Lipinski definition) is 8. The molecule has 1 unspecified atom stereocenters. The number of carbonyl (C=O) groups is 1. The Morgan fingerprint density at radius 1 is 1.08 bits per heavy atom. The van der Waals surface area contributed by atoms with Crippen molar-refractivity contribution < 1.29 is 19.7 Å². The van der Waals surface area contributed by atoms with E-state index in [-0.39, 0.29) is 23.1 Å². The van der Waals surface area contributed by atoms with Gasteiger partial charge in [0.25, 0.3) is 0 Å². The number of aromatic amines is 1. The third-order valence-electron chi connectivity index (χ3n) is 6.61. The van der Waals surface area contributed by atoms with Crippen LogP contribution in [0.5, 0.6) is 5.75 Å². The van der Waals surface area contributed by atoms with Crippen LogP contribution in [-0.4, -0.2) is 89.9 Å². The Bertz CT molecular complexity index is 1180. The summed E-state index contributed by atoms with van der Waals surface area (Å²) in [5, 5.41) is 23.9. The van der Waals surface area contributed by atoms with Crippen LogP contribution in [-0.2, 0) is 16.0 Å². The first-order valence-electron chi connectivity index (χ1n) is 13.3. The van der Waals surface area contributed by atoms with Gasteiger partial charge in [-0.05, 0) is 31.1 Å². The number of nitrogens with one attached hydrogen (secondary N) is 2. The molecule has 3 aromatic rings. The van der Waals surface area contributed by atoms with E-state index < -0.39 is 6.10 Å². The maximum Gasteiger partial charge on any atom is 0.305 e. The lowest BCUT2D eigenvalue weighted by atomic mass is 10.1. The first-order chi connectivity index (χ1) is 18.4. The maximum absolute atomic E-state index is 13.0. The number of aromatic nitrogens is 1. The predicted molar refractivity (Wildman–Crippen MR) is 152 cm³/mol. The number of aliphatic hydroxyl groups is 1. The van der Waals surface area contributed by atoms with Crippen LogP contribution in [0.4, 0.5) is 0 Å². The number of phenolic OH excluding ortho intramolecular Hbond substituents is 1. The topological polar surface area (TPSA) is 118 Å². The molecule has 0 fully saturated rings. The van der Waals surface area contributed by atoms with Gasteiger partial charge in [-0.25, -0.2) is 0 Å². The number of thiazole rings is 1. The number of hydrogen-bond donors (Lipinski definition) is 4. The van der Waals surface area contributed by atoms with Gasteiger partial charge in [0, 0.05) is 38.3 Å². The Hall–Kier alpha value is -2.76. The van der Waals surface area contributed by atoms with Crippen molar-refractivity contribution in [3.05, 3.63) is 63.3 Å². The Balaban J connectivity index is 1.47. The van der Waals surface area contributed by atoms with Crippen molar-refractivity contribution in [3.8, 4) is 5.75 Å². The molecule has 1 aromatic heterocycles. The van der Waals surface area contributed by atoms with Gasteiger partial charge in [0.05, 0.1) is 30.4 Å². The monoisotopic (exact) mass is 544 g/mol. The van der Waals surface area contributed by atoms with Crippen molar-refractivity contribution in [2.45, 2.75) is 32.8 Å². The molecule has 4 N–H and O–H groups in total. The number of nitrogens with zero attached hydrogens (tertiary/aromatic N) is 2. The summed E-state index contributed by atoms with van der Waals surface area (Å²) >= 11 is 0.964. The first kappa shape index (κ1) is 29.8. The zero-order chi connectivity index (χ0) is 27.3. The Morgan fingerprint density at radius 2 is 1.84 bits per heavy atom. The van der Waals surface area contributed by atoms with E-state index in [1.54, 1.807) is 6.07 Å². The summed E-state index contributed by atoms with van der Waals surface area (Å²) in [6.45, 7) is 9.76. The Kier molecular flexibility index (Phi) is 12.2. The number of rotatable bonds is 17. The van der Waals surface area contributed by atoms with Crippen molar-refractivity contribution >= 4 is 27.5 Å². The lowest BCUT2D eigenvalue weighted by Crippen LogP contribution is -2.42. The molecule has 0 aliphatic carbocycles. The molecule has 1 heterocycles. The summed E-state index contributed by atoms with van der Waals surface area (Å²) < 4.78 is 6.28. The minimum Gasteiger partial charge on any atom is -0.506 e. The van der Waals surface area contributed by atoms with Crippen LogP contribution in [0.25, 0.3) is 10.2 Å². The zero-order valence-electron chi connectivity index (χ0n) is 22.3. The van der Waals surface area contributed by atoms with Crippen LogP contribution in [0.2, 0.25) is 0 Å². The molecule has 2 aromatic carbocycles. The number of benzene rings is 2. The molecule has 0 bridgehead atoms. The number of ether oxygens (including phenoxy) is 1. The average molecular weight is 545 g/mol. The van der Waals surface area contributed by atoms with Crippen LogP contribution in [0.15, 0.2) is 47.3 Å².